The van der Waals surface area contributed by atoms with Gasteiger partial charge in [0, 0.05) is 26.2 Å². The lowest BCUT2D eigenvalue weighted by molar-refractivity contribution is 0.0593. The van der Waals surface area contributed by atoms with Crippen LogP contribution in [0, 0.1) is 0 Å². The van der Waals surface area contributed by atoms with Gasteiger partial charge >= 0.3 is 0 Å². The Labute approximate surface area is 103 Å². The summed E-state index contributed by atoms with van der Waals surface area (Å²) in [5.74, 6) is 1.22. The number of aromatic nitrogens is 2. The van der Waals surface area contributed by atoms with Crippen molar-refractivity contribution < 1.29 is 4.74 Å². The fourth-order valence-electron chi connectivity index (χ4n) is 3.06. The van der Waals surface area contributed by atoms with Gasteiger partial charge in [-0.2, -0.15) is 0 Å². The molecule has 2 heterocycles. The molecule has 2 aliphatic rings. The molecule has 3 rings (SSSR count). The molecule has 1 aliphatic carbocycles. The monoisotopic (exact) mass is 235 g/mol. The van der Waals surface area contributed by atoms with E-state index in [-0.39, 0.29) is 0 Å². The van der Waals surface area contributed by atoms with Crippen molar-refractivity contribution in [1.82, 2.24) is 14.5 Å². The number of ether oxygens (including phenoxy) is 1. The van der Waals surface area contributed by atoms with Gasteiger partial charge in [0.15, 0.2) is 0 Å². The molecule has 1 aromatic rings. The van der Waals surface area contributed by atoms with Gasteiger partial charge in [0.25, 0.3) is 0 Å². The van der Waals surface area contributed by atoms with Crippen molar-refractivity contribution in [2.75, 3.05) is 13.7 Å². The van der Waals surface area contributed by atoms with Crippen molar-refractivity contribution in [3.8, 4) is 0 Å². The second-order valence-electron chi connectivity index (χ2n) is 5.19. The van der Waals surface area contributed by atoms with Crippen molar-refractivity contribution in [1.29, 1.82) is 0 Å². The Morgan fingerprint density at radius 3 is 2.88 bits per heavy atom. The molecule has 1 atom stereocenters. The maximum Gasteiger partial charge on any atom is 0.126 e. The highest BCUT2D eigenvalue weighted by Gasteiger charge is 2.34. The number of methoxy groups -OCH3 is 1. The molecule has 1 aliphatic heterocycles. The van der Waals surface area contributed by atoms with Gasteiger partial charge in [-0.1, -0.05) is 6.42 Å². The van der Waals surface area contributed by atoms with Gasteiger partial charge in [0.1, 0.15) is 5.82 Å². The molecule has 1 saturated carbocycles. The molecule has 0 aromatic carbocycles. The predicted octanol–water partition coefficient (Wildman–Crippen LogP) is 1.96. The molecular weight excluding hydrogens is 214 g/mol. The summed E-state index contributed by atoms with van der Waals surface area (Å²) in [6, 6.07) is 1.26. The van der Waals surface area contributed by atoms with Crippen LogP contribution in [0.2, 0.25) is 0 Å². The first-order valence-corrected chi connectivity index (χ1v) is 6.60. The van der Waals surface area contributed by atoms with Crippen LogP contribution in [0.25, 0.3) is 0 Å². The summed E-state index contributed by atoms with van der Waals surface area (Å²) in [5.41, 5.74) is 1.21. The molecule has 0 saturated heterocycles. The molecule has 0 radical (unpaired) electrons. The third-order valence-electron chi connectivity index (χ3n) is 4.26. The molecule has 4 heteroatoms. The van der Waals surface area contributed by atoms with E-state index in [0.29, 0.717) is 12.6 Å². The highest BCUT2D eigenvalue weighted by molar-refractivity contribution is 5.11. The summed E-state index contributed by atoms with van der Waals surface area (Å²) in [6.45, 7) is 5.18. The number of imidazole rings is 1. The molecule has 0 bridgehead atoms. The van der Waals surface area contributed by atoms with Crippen molar-refractivity contribution in [3.63, 3.8) is 0 Å². The van der Waals surface area contributed by atoms with E-state index < -0.39 is 0 Å². The summed E-state index contributed by atoms with van der Waals surface area (Å²) >= 11 is 0. The van der Waals surface area contributed by atoms with Crippen LogP contribution < -0.4 is 0 Å². The van der Waals surface area contributed by atoms with Crippen LogP contribution >= 0.6 is 0 Å². The van der Waals surface area contributed by atoms with E-state index in [4.69, 9.17) is 4.74 Å². The molecule has 0 spiro atoms. The van der Waals surface area contributed by atoms with Gasteiger partial charge in [0.2, 0.25) is 0 Å². The summed E-state index contributed by atoms with van der Waals surface area (Å²) in [5, 5.41) is 0. The summed E-state index contributed by atoms with van der Waals surface area (Å²) in [6.07, 6.45) is 6.11. The van der Waals surface area contributed by atoms with Crippen LogP contribution in [0.4, 0.5) is 0 Å². The maximum absolute atomic E-state index is 5.22. The van der Waals surface area contributed by atoms with Crippen LogP contribution in [0.3, 0.4) is 0 Å². The number of hydrogen-bond donors (Lipinski definition) is 0. The lowest BCUT2D eigenvalue weighted by Gasteiger charge is -2.43. The lowest BCUT2D eigenvalue weighted by Crippen LogP contribution is -2.46. The SMILES string of the molecule is COCc1cnc2n1CCN(C1CCC1)[C@@H]2C. The summed E-state index contributed by atoms with van der Waals surface area (Å²) in [7, 11) is 1.74. The molecule has 17 heavy (non-hydrogen) atoms. The van der Waals surface area contributed by atoms with Crippen LogP contribution in [-0.4, -0.2) is 34.1 Å². The van der Waals surface area contributed by atoms with E-state index in [1.165, 1.54) is 30.8 Å². The third kappa shape index (κ3) is 1.79. The standard InChI is InChI=1S/C13H21N3O/c1-10-13-14-8-12(9-17-2)16(13)7-6-15(10)11-4-3-5-11/h8,10-11H,3-7,9H2,1-2H3/t10-/m1/s1. The van der Waals surface area contributed by atoms with Crippen LogP contribution in [0.5, 0.6) is 0 Å². The van der Waals surface area contributed by atoms with Crippen LogP contribution in [0.15, 0.2) is 6.20 Å². The molecule has 94 valence electrons. The Kier molecular flexibility index (Phi) is 2.92. The Bertz CT molecular complexity index is 397. The van der Waals surface area contributed by atoms with Crippen molar-refractivity contribution in [2.24, 2.45) is 0 Å². The quantitative estimate of drug-likeness (QED) is 0.802. The maximum atomic E-state index is 5.22. The smallest absolute Gasteiger partial charge is 0.126 e. The van der Waals surface area contributed by atoms with E-state index in [1.54, 1.807) is 7.11 Å². The zero-order valence-corrected chi connectivity index (χ0v) is 10.7. The minimum absolute atomic E-state index is 0.458. The van der Waals surface area contributed by atoms with Gasteiger partial charge in [-0.3, -0.25) is 4.90 Å². The first kappa shape index (κ1) is 11.2. The number of hydrogen-bond acceptors (Lipinski definition) is 3. The van der Waals surface area contributed by atoms with Crippen LogP contribution in [0.1, 0.15) is 43.7 Å². The average Bonchev–Trinajstić information content (AvgIpc) is 2.65. The van der Waals surface area contributed by atoms with Gasteiger partial charge in [-0.25, -0.2) is 4.98 Å². The molecule has 0 N–H and O–H groups in total. The molecule has 4 nitrogen and oxygen atoms in total. The first-order chi connectivity index (χ1) is 8.31. The number of fused-ring (bicyclic) bond motifs is 1. The number of nitrogens with zero attached hydrogens (tertiary/aromatic N) is 3. The topological polar surface area (TPSA) is 30.3 Å². The fraction of sp³-hybridized carbons (Fsp3) is 0.769. The normalized spacial score (nSPS) is 25.6. The third-order valence-corrected chi connectivity index (χ3v) is 4.26. The van der Waals surface area contributed by atoms with Crippen molar-refractivity contribution in [2.45, 2.75) is 51.4 Å². The highest BCUT2D eigenvalue weighted by Crippen LogP contribution is 2.34. The lowest BCUT2D eigenvalue weighted by atomic mass is 9.90. The molecule has 1 aromatic heterocycles. The van der Waals surface area contributed by atoms with E-state index in [9.17, 15) is 0 Å². The second-order valence-corrected chi connectivity index (χ2v) is 5.19. The van der Waals surface area contributed by atoms with E-state index >= 15 is 0 Å². The minimum Gasteiger partial charge on any atom is -0.378 e. The Morgan fingerprint density at radius 1 is 1.41 bits per heavy atom. The van der Waals surface area contributed by atoms with Crippen LogP contribution in [-0.2, 0) is 17.9 Å². The van der Waals surface area contributed by atoms with E-state index in [2.05, 4.69) is 21.4 Å². The fourth-order valence-corrected chi connectivity index (χ4v) is 3.06. The van der Waals surface area contributed by atoms with Gasteiger partial charge in [-0.15, -0.1) is 0 Å². The largest absolute Gasteiger partial charge is 0.378 e. The first-order valence-electron chi connectivity index (χ1n) is 6.60. The zero-order valence-electron chi connectivity index (χ0n) is 10.7. The number of rotatable bonds is 3. The van der Waals surface area contributed by atoms with E-state index in [1.807, 2.05) is 6.20 Å². The van der Waals surface area contributed by atoms with Crippen molar-refractivity contribution >= 4 is 0 Å². The van der Waals surface area contributed by atoms with Gasteiger partial charge in [0.05, 0.1) is 24.5 Å². The Balaban J connectivity index is 1.82. The van der Waals surface area contributed by atoms with Gasteiger partial charge in [-0.05, 0) is 19.8 Å². The molecule has 0 unspecified atom stereocenters. The Morgan fingerprint density at radius 2 is 2.24 bits per heavy atom. The summed E-state index contributed by atoms with van der Waals surface area (Å²) < 4.78 is 7.56. The van der Waals surface area contributed by atoms with Gasteiger partial charge < -0.3 is 9.30 Å². The average molecular weight is 235 g/mol. The minimum atomic E-state index is 0.458. The molecule has 1 fully saturated rings. The van der Waals surface area contributed by atoms with Crippen molar-refractivity contribution in [3.05, 3.63) is 17.7 Å². The predicted molar refractivity (Wildman–Crippen MR) is 65.7 cm³/mol. The highest BCUT2D eigenvalue weighted by atomic mass is 16.5. The zero-order chi connectivity index (χ0) is 11.8. The Hall–Kier alpha value is -0.870. The summed E-state index contributed by atoms with van der Waals surface area (Å²) in [4.78, 5) is 7.22. The molecular formula is C13H21N3O. The second kappa shape index (κ2) is 4.42. The molecule has 0 amide bonds. The van der Waals surface area contributed by atoms with E-state index in [0.717, 1.165) is 19.1 Å².